The van der Waals surface area contributed by atoms with Crippen molar-refractivity contribution in [1.29, 1.82) is 0 Å². The summed E-state index contributed by atoms with van der Waals surface area (Å²) in [5.74, 6) is 6.91. The fourth-order valence-corrected chi connectivity index (χ4v) is 7.36. The van der Waals surface area contributed by atoms with Gasteiger partial charge in [0.25, 0.3) is 5.91 Å². The van der Waals surface area contributed by atoms with Gasteiger partial charge in [0.1, 0.15) is 35.0 Å². The maximum Gasteiger partial charge on any atom is 0.407 e. The van der Waals surface area contributed by atoms with Gasteiger partial charge < -0.3 is 35.0 Å². The summed E-state index contributed by atoms with van der Waals surface area (Å²) in [7, 11) is 2.53. The van der Waals surface area contributed by atoms with Crippen LogP contribution in [0.25, 0.3) is 11.3 Å². The van der Waals surface area contributed by atoms with Crippen LogP contribution < -0.4 is 16.0 Å². The van der Waals surface area contributed by atoms with E-state index in [0.29, 0.717) is 48.0 Å². The third-order valence-electron chi connectivity index (χ3n) is 10.2. The average molecular weight is 755 g/mol. The summed E-state index contributed by atoms with van der Waals surface area (Å²) in [6.07, 6.45) is 4.73. The Bertz CT molecular complexity index is 2240. The van der Waals surface area contributed by atoms with Crippen molar-refractivity contribution in [1.82, 2.24) is 40.8 Å². The molecule has 0 unspecified atom stereocenters. The van der Waals surface area contributed by atoms with Crippen molar-refractivity contribution < 1.29 is 28.7 Å². The van der Waals surface area contributed by atoms with Crippen molar-refractivity contribution in [3.63, 3.8) is 0 Å². The van der Waals surface area contributed by atoms with Gasteiger partial charge in [-0.2, -0.15) is 0 Å². The molecule has 2 aliphatic heterocycles. The Hall–Kier alpha value is -6.72. The van der Waals surface area contributed by atoms with Gasteiger partial charge in [-0.25, -0.2) is 19.6 Å². The van der Waals surface area contributed by atoms with E-state index in [-0.39, 0.29) is 17.7 Å². The summed E-state index contributed by atoms with van der Waals surface area (Å²) >= 11 is 0. The Labute approximate surface area is 323 Å². The summed E-state index contributed by atoms with van der Waals surface area (Å²) in [4.78, 5) is 70.2. The van der Waals surface area contributed by atoms with Gasteiger partial charge in [0.15, 0.2) is 5.78 Å². The van der Waals surface area contributed by atoms with E-state index in [4.69, 9.17) is 9.47 Å². The van der Waals surface area contributed by atoms with Crippen molar-refractivity contribution >= 4 is 23.9 Å². The van der Waals surface area contributed by atoms with E-state index in [2.05, 4.69) is 47.7 Å². The number of alkyl carbamates (subject to hydrolysis) is 2. The zero-order valence-corrected chi connectivity index (χ0v) is 31.0. The van der Waals surface area contributed by atoms with E-state index in [0.717, 1.165) is 36.1 Å². The maximum atomic E-state index is 14.2. The summed E-state index contributed by atoms with van der Waals surface area (Å²) in [6, 6.07) is 23.7. The van der Waals surface area contributed by atoms with Gasteiger partial charge in [0.2, 0.25) is 0 Å². The summed E-state index contributed by atoms with van der Waals surface area (Å²) in [5, 5.41) is 8.75. The Morgan fingerprint density at radius 1 is 0.804 bits per heavy atom. The Balaban J connectivity index is 1.05. The molecule has 0 saturated carbocycles. The number of rotatable bonds is 10. The lowest BCUT2D eigenvalue weighted by Gasteiger charge is -2.30. The molecule has 0 bridgehead atoms. The highest BCUT2D eigenvalue weighted by atomic mass is 16.5. The number of ketones is 1. The quantitative estimate of drug-likeness (QED) is 0.120. The van der Waals surface area contributed by atoms with Crippen molar-refractivity contribution in [2.45, 2.75) is 49.3 Å². The number of Topliss-reactive ketones (excluding diaryl/α,β-unsaturated/α-hetero) is 1. The third kappa shape index (κ3) is 7.89. The lowest BCUT2D eigenvalue weighted by Crippen LogP contribution is -2.51. The number of nitrogens with zero attached hydrogens (tertiary/aromatic N) is 3. The number of methoxy groups -OCH3 is 2. The molecule has 2 fully saturated rings. The number of aromatic amines is 2. The number of amides is 3. The molecule has 3 amide bonds. The van der Waals surface area contributed by atoms with Crippen molar-refractivity contribution in [3.05, 3.63) is 131 Å². The molecule has 0 spiro atoms. The molecule has 56 heavy (non-hydrogen) atoms. The molecule has 2 aromatic heterocycles. The van der Waals surface area contributed by atoms with Crippen LogP contribution in [0.2, 0.25) is 0 Å². The van der Waals surface area contributed by atoms with Gasteiger partial charge in [-0.15, -0.1) is 0 Å². The maximum absolute atomic E-state index is 14.2. The fourth-order valence-electron chi connectivity index (χ4n) is 7.36. The van der Waals surface area contributed by atoms with E-state index >= 15 is 0 Å². The Morgan fingerprint density at radius 3 is 2.11 bits per heavy atom. The first kappa shape index (κ1) is 37.6. The van der Waals surface area contributed by atoms with E-state index in [1.807, 2.05) is 60.7 Å². The predicted octanol–water partition coefficient (Wildman–Crippen LogP) is 5.21. The van der Waals surface area contributed by atoms with Crippen LogP contribution in [0.3, 0.4) is 0 Å². The standard InChI is InChI=1S/C42H42N8O6/c1-55-40(53)48-34(29-11-5-3-6-12-29)36(51)42(22-10-23-45-42)39-44-25-31(46-39)21-18-27-16-19-28(20-17-27)32-26-43-37(47-32)33-15-9-24-50(33)38(52)35(49-41(54)56-2)30-13-7-4-8-14-30/h3-8,11-14,16-17,19-20,25-26,33-35,45H,9-10,15,22-24H2,1-2H3,(H,43,47)(H,44,46)(H,48,53)(H,49,54)/t33-,34+,35+,42+/m0/s1. The van der Waals surface area contributed by atoms with Crippen LogP contribution >= 0.6 is 0 Å². The second kappa shape index (κ2) is 16.7. The van der Waals surface area contributed by atoms with Gasteiger partial charge in [-0.3, -0.25) is 14.9 Å². The van der Waals surface area contributed by atoms with Crippen LogP contribution in [-0.4, -0.2) is 76.0 Å². The number of imidazole rings is 2. The molecular formula is C42H42N8O6. The van der Waals surface area contributed by atoms with E-state index < -0.39 is 29.8 Å². The van der Waals surface area contributed by atoms with Gasteiger partial charge in [-0.1, -0.05) is 78.7 Å². The fraction of sp³-hybridized carbons (Fsp3) is 0.286. The minimum atomic E-state index is -1.15. The highest BCUT2D eigenvalue weighted by Crippen LogP contribution is 2.36. The number of hydrogen-bond acceptors (Lipinski definition) is 9. The summed E-state index contributed by atoms with van der Waals surface area (Å²) in [6.45, 7) is 1.14. The molecule has 3 aromatic carbocycles. The van der Waals surface area contributed by atoms with Gasteiger partial charge in [0.05, 0.1) is 38.3 Å². The summed E-state index contributed by atoms with van der Waals surface area (Å²) < 4.78 is 9.64. The molecule has 14 heteroatoms. The third-order valence-corrected chi connectivity index (χ3v) is 10.2. The van der Waals surface area contributed by atoms with Crippen LogP contribution in [0.15, 0.2) is 97.3 Å². The summed E-state index contributed by atoms with van der Waals surface area (Å²) in [5.41, 5.74) is 3.12. The second-order valence-electron chi connectivity index (χ2n) is 13.6. The minimum absolute atomic E-state index is 0.234. The highest BCUT2D eigenvalue weighted by Gasteiger charge is 2.48. The zero-order valence-electron chi connectivity index (χ0n) is 31.0. The van der Waals surface area contributed by atoms with Crippen LogP contribution in [0.4, 0.5) is 9.59 Å². The molecule has 4 atom stereocenters. The molecular weight excluding hydrogens is 713 g/mol. The molecule has 0 radical (unpaired) electrons. The predicted molar refractivity (Wildman–Crippen MR) is 206 cm³/mol. The van der Waals surface area contributed by atoms with Crippen LogP contribution in [0.1, 0.15) is 77.8 Å². The first-order chi connectivity index (χ1) is 27.3. The SMILES string of the molecule is COC(=O)N[C@@H](C(=O)N1CCC[C@H]1c1ncc(-c2ccc(C#Cc3cnc([C@]4(C(=O)[C@H](NC(=O)OC)c5ccccc5)CCCN4)[nH]3)cc2)[nH]1)c1ccccc1. The van der Waals surface area contributed by atoms with Crippen molar-refractivity contribution in [2.24, 2.45) is 0 Å². The van der Waals surface area contributed by atoms with Gasteiger partial charge >= 0.3 is 12.2 Å². The number of hydrogen-bond donors (Lipinski definition) is 5. The molecule has 2 aliphatic rings. The largest absolute Gasteiger partial charge is 0.453 e. The number of aromatic nitrogens is 4. The van der Waals surface area contributed by atoms with Crippen LogP contribution in [-0.2, 0) is 24.6 Å². The topological polar surface area (TPSA) is 183 Å². The van der Waals surface area contributed by atoms with Crippen molar-refractivity contribution in [3.8, 4) is 23.1 Å². The lowest BCUT2D eigenvalue weighted by molar-refractivity contribution is -0.134. The molecule has 5 aromatic rings. The Kier molecular flexibility index (Phi) is 11.2. The number of ether oxygens (including phenoxy) is 2. The lowest BCUT2D eigenvalue weighted by atomic mass is 9.84. The van der Waals surface area contributed by atoms with E-state index in [1.165, 1.54) is 14.2 Å². The average Bonchev–Trinajstić information content (AvgIpc) is 4.09. The van der Waals surface area contributed by atoms with Crippen molar-refractivity contribution in [2.75, 3.05) is 27.3 Å². The molecule has 7 rings (SSSR count). The number of H-pyrrole nitrogens is 2. The van der Waals surface area contributed by atoms with Crippen LogP contribution in [0.5, 0.6) is 0 Å². The normalized spacial score (nSPS) is 18.6. The van der Waals surface area contributed by atoms with Gasteiger partial charge in [-0.05, 0) is 67.0 Å². The molecule has 4 heterocycles. The Morgan fingerprint density at radius 2 is 1.46 bits per heavy atom. The highest BCUT2D eigenvalue weighted by molar-refractivity contribution is 5.96. The van der Waals surface area contributed by atoms with Crippen LogP contribution in [0, 0.1) is 11.8 Å². The number of benzene rings is 3. The number of nitrogens with one attached hydrogen (secondary N) is 5. The minimum Gasteiger partial charge on any atom is -0.453 e. The first-order valence-corrected chi connectivity index (χ1v) is 18.4. The number of likely N-dealkylation sites (tertiary alicyclic amines) is 1. The molecule has 286 valence electrons. The number of carbonyl (C=O) groups excluding carboxylic acids is 4. The van der Waals surface area contributed by atoms with E-state index in [9.17, 15) is 19.2 Å². The molecule has 14 nitrogen and oxygen atoms in total. The molecule has 5 N–H and O–H groups in total. The first-order valence-electron chi connectivity index (χ1n) is 18.4. The number of carbonyl (C=O) groups is 4. The molecule has 0 aliphatic carbocycles. The van der Waals surface area contributed by atoms with Gasteiger partial charge in [0, 0.05) is 12.1 Å². The van der Waals surface area contributed by atoms with E-state index in [1.54, 1.807) is 41.6 Å². The smallest absolute Gasteiger partial charge is 0.407 e. The zero-order chi connectivity index (χ0) is 39.1. The second-order valence-corrected chi connectivity index (χ2v) is 13.6. The molecule has 2 saturated heterocycles. The monoisotopic (exact) mass is 754 g/mol.